The van der Waals surface area contributed by atoms with Gasteiger partial charge in [0.05, 0.1) is 6.61 Å². The number of hydrogen-bond donors (Lipinski definition) is 5. The topological polar surface area (TPSA) is 189 Å². The molecular formula is C14H18KNO10S2. The predicted octanol–water partition coefficient (Wildman–Crippen LogP) is -4.74. The van der Waals surface area contributed by atoms with Gasteiger partial charge in [0.15, 0.2) is 0 Å². The summed E-state index contributed by atoms with van der Waals surface area (Å²) in [4.78, 5) is 0. The summed E-state index contributed by atoms with van der Waals surface area (Å²) < 4.78 is 41.2. The van der Waals surface area contributed by atoms with Gasteiger partial charge >= 0.3 is 51.4 Å². The number of phenols is 1. The molecule has 5 atom stereocenters. The van der Waals surface area contributed by atoms with Crippen molar-refractivity contribution in [3.05, 3.63) is 29.8 Å². The van der Waals surface area contributed by atoms with E-state index in [2.05, 4.69) is 9.44 Å². The Bertz CT molecular complexity index is 758. The summed E-state index contributed by atoms with van der Waals surface area (Å²) in [6.07, 6.45) is -6.01. The molecule has 1 aliphatic heterocycles. The molecule has 0 radical (unpaired) electrons. The summed E-state index contributed by atoms with van der Waals surface area (Å²) in [5, 5.41) is 51.3. The van der Waals surface area contributed by atoms with Crippen molar-refractivity contribution in [2.24, 2.45) is 5.16 Å². The third-order valence-corrected chi connectivity index (χ3v) is 4.99. The van der Waals surface area contributed by atoms with Crippen LogP contribution in [0, 0.1) is 0 Å². The Hall–Kier alpha value is 0.186. The van der Waals surface area contributed by atoms with Gasteiger partial charge in [-0.15, -0.1) is 0 Å². The van der Waals surface area contributed by atoms with Gasteiger partial charge in [-0.1, -0.05) is 29.1 Å². The van der Waals surface area contributed by atoms with Crippen LogP contribution in [-0.4, -0.2) is 80.0 Å². The molecule has 1 heterocycles. The zero-order chi connectivity index (χ0) is 20.2. The number of benzene rings is 1. The number of phenolic OH excluding ortho intramolecular Hbond substituents is 1. The van der Waals surface area contributed by atoms with Gasteiger partial charge in [-0.2, -0.15) is 8.42 Å². The Balaban J connectivity index is 0.00000392. The minimum atomic E-state index is -5.13. The first-order valence-corrected chi connectivity index (χ1v) is 9.78. The van der Waals surface area contributed by atoms with Gasteiger partial charge in [0.25, 0.3) is 10.4 Å². The van der Waals surface area contributed by atoms with Crippen molar-refractivity contribution in [3.8, 4) is 5.75 Å². The minimum Gasteiger partial charge on any atom is -0.714 e. The Morgan fingerprint density at radius 2 is 1.79 bits per heavy atom. The zero-order valence-corrected chi connectivity index (χ0v) is 19.4. The fourth-order valence-electron chi connectivity index (χ4n) is 2.27. The molecule has 0 aromatic heterocycles. The molecule has 0 bridgehead atoms. The van der Waals surface area contributed by atoms with Crippen LogP contribution in [0.25, 0.3) is 0 Å². The Kier molecular flexibility index (Phi) is 10.8. The van der Waals surface area contributed by atoms with Crippen LogP contribution in [0.5, 0.6) is 5.75 Å². The smallest absolute Gasteiger partial charge is 0.714 e. The van der Waals surface area contributed by atoms with E-state index in [1.54, 1.807) is 0 Å². The van der Waals surface area contributed by atoms with Crippen LogP contribution in [0.2, 0.25) is 0 Å². The second kappa shape index (κ2) is 11.5. The van der Waals surface area contributed by atoms with E-state index in [4.69, 9.17) is 4.74 Å². The van der Waals surface area contributed by atoms with Crippen molar-refractivity contribution >= 4 is 27.2 Å². The van der Waals surface area contributed by atoms with Crippen molar-refractivity contribution in [1.82, 2.24) is 0 Å². The van der Waals surface area contributed by atoms with Crippen molar-refractivity contribution in [3.63, 3.8) is 0 Å². The van der Waals surface area contributed by atoms with Gasteiger partial charge in [0.1, 0.15) is 40.6 Å². The summed E-state index contributed by atoms with van der Waals surface area (Å²) in [5.74, 6) is -0.00258. The second-order valence-electron chi connectivity index (χ2n) is 5.63. The number of hydrogen-bond acceptors (Lipinski definition) is 12. The Morgan fingerprint density at radius 1 is 1.18 bits per heavy atom. The first-order chi connectivity index (χ1) is 12.6. The summed E-state index contributed by atoms with van der Waals surface area (Å²) >= 11 is 0.643. The molecule has 14 heteroatoms. The number of oxime groups is 1. The number of aromatic hydroxyl groups is 1. The standard InChI is InChI=1S/C14H19NO10S2.K/c16-6-9-11(18)12(19)13(20)14(24-9)26-10(15-25-27(21,22)23)5-7-1-3-8(17)4-2-7;/h1-4,9,11-14,16-20H,5-6H2,(H,21,22,23);/q;+1/p-1/b15-10-;/t9-,11-,12-,13+,14+;/m0./s1. The molecule has 1 saturated heterocycles. The van der Waals surface area contributed by atoms with Gasteiger partial charge in [-0.3, -0.25) is 4.28 Å². The van der Waals surface area contributed by atoms with Gasteiger partial charge in [-0.05, 0) is 17.7 Å². The van der Waals surface area contributed by atoms with Crippen LogP contribution < -0.4 is 51.4 Å². The summed E-state index contributed by atoms with van der Waals surface area (Å²) in [5.41, 5.74) is -0.690. The zero-order valence-electron chi connectivity index (χ0n) is 14.7. The number of thioether (sulfide) groups is 1. The quantitative estimate of drug-likeness (QED) is 0.0680. The fourth-order valence-corrected chi connectivity index (χ4v) is 3.60. The van der Waals surface area contributed by atoms with Gasteiger partial charge < -0.3 is 34.8 Å². The third kappa shape index (κ3) is 7.79. The Labute approximate surface area is 207 Å². The Morgan fingerprint density at radius 3 is 2.32 bits per heavy atom. The fraction of sp³-hybridized carbons (Fsp3) is 0.500. The molecule has 11 nitrogen and oxygen atoms in total. The first-order valence-electron chi connectivity index (χ1n) is 7.57. The molecule has 0 aliphatic carbocycles. The predicted molar refractivity (Wildman–Crippen MR) is 91.4 cm³/mol. The molecule has 1 aromatic rings. The molecule has 2 rings (SSSR count). The average molecular weight is 464 g/mol. The minimum absolute atomic E-state index is 0. The third-order valence-electron chi connectivity index (χ3n) is 3.62. The van der Waals surface area contributed by atoms with Crippen LogP contribution in [0.15, 0.2) is 29.4 Å². The van der Waals surface area contributed by atoms with Crippen LogP contribution in [0.3, 0.4) is 0 Å². The van der Waals surface area contributed by atoms with Crippen molar-refractivity contribution in [1.29, 1.82) is 0 Å². The molecule has 0 amide bonds. The SMILES string of the molecule is O=S(=O)([O-])O/N=C(/Cc1ccc(O)cc1)S[C@H]1O[C@@H](CO)[C@H](O)[C@H](O)[C@H]1O.[K+]. The van der Waals surface area contributed by atoms with Crippen molar-refractivity contribution in [2.45, 2.75) is 36.3 Å². The van der Waals surface area contributed by atoms with Crippen molar-refractivity contribution < 1.29 is 98.9 Å². The van der Waals surface area contributed by atoms with E-state index >= 15 is 0 Å². The van der Waals surface area contributed by atoms with Gasteiger partial charge in [-0.25, -0.2) is 0 Å². The molecule has 1 aromatic carbocycles. The van der Waals surface area contributed by atoms with E-state index in [9.17, 15) is 38.5 Å². The second-order valence-corrected chi connectivity index (χ2v) is 7.76. The monoisotopic (exact) mass is 463 g/mol. The van der Waals surface area contributed by atoms with Crippen LogP contribution in [0.4, 0.5) is 0 Å². The maximum absolute atomic E-state index is 10.7. The normalized spacial score (nSPS) is 28.5. The molecule has 5 N–H and O–H groups in total. The summed E-state index contributed by atoms with van der Waals surface area (Å²) in [7, 11) is -5.13. The molecule has 152 valence electrons. The van der Waals surface area contributed by atoms with Crippen LogP contribution in [0.1, 0.15) is 5.56 Å². The molecule has 0 saturated carbocycles. The molecule has 1 aliphatic rings. The largest absolute Gasteiger partial charge is 1.00 e. The first kappa shape index (κ1) is 26.2. The number of aliphatic hydroxyl groups excluding tert-OH is 4. The maximum Gasteiger partial charge on any atom is 1.00 e. The summed E-state index contributed by atoms with van der Waals surface area (Å²) in [6.45, 7) is -0.641. The van der Waals surface area contributed by atoms with E-state index in [1.807, 2.05) is 0 Å². The maximum atomic E-state index is 10.7. The summed E-state index contributed by atoms with van der Waals surface area (Å²) in [6, 6.07) is 5.75. The average Bonchev–Trinajstić information content (AvgIpc) is 2.61. The number of rotatable bonds is 6. The van der Waals surface area contributed by atoms with E-state index in [0.29, 0.717) is 17.3 Å². The van der Waals surface area contributed by atoms with Crippen molar-refractivity contribution in [2.75, 3.05) is 6.61 Å². The van der Waals surface area contributed by atoms with Crippen LogP contribution in [-0.2, 0) is 25.8 Å². The van der Waals surface area contributed by atoms with Gasteiger partial charge in [0, 0.05) is 6.42 Å². The van der Waals surface area contributed by atoms with E-state index in [1.165, 1.54) is 24.3 Å². The van der Waals surface area contributed by atoms with Gasteiger partial charge in [0.2, 0.25) is 0 Å². The number of nitrogens with zero attached hydrogens (tertiary/aromatic N) is 1. The number of aliphatic hydroxyl groups is 4. The molecule has 28 heavy (non-hydrogen) atoms. The molecule has 0 unspecified atom stereocenters. The van der Waals surface area contributed by atoms with E-state index in [0.717, 1.165) is 0 Å². The number of ether oxygens (including phenoxy) is 1. The molecular weight excluding hydrogens is 445 g/mol. The van der Waals surface area contributed by atoms with E-state index < -0.39 is 46.9 Å². The van der Waals surface area contributed by atoms with Crippen LogP contribution >= 0.6 is 11.8 Å². The molecule has 0 spiro atoms. The van der Waals surface area contributed by atoms with E-state index in [-0.39, 0.29) is 68.6 Å². The molecule has 1 fully saturated rings.